The van der Waals surface area contributed by atoms with Crippen molar-refractivity contribution in [1.29, 1.82) is 0 Å². The van der Waals surface area contributed by atoms with E-state index in [9.17, 15) is 4.39 Å². The molecular formula is C10H12FNO. The molecule has 2 N–H and O–H groups in total. The molecule has 1 unspecified atom stereocenters. The zero-order valence-corrected chi connectivity index (χ0v) is 7.26. The van der Waals surface area contributed by atoms with Crippen molar-refractivity contribution in [2.45, 2.75) is 12.1 Å². The fourth-order valence-corrected chi connectivity index (χ4v) is 1.67. The Labute approximate surface area is 76.4 Å². The van der Waals surface area contributed by atoms with Crippen molar-refractivity contribution in [1.82, 2.24) is 5.32 Å². The van der Waals surface area contributed by atoms with Crippen LogP contribution in [0.3, 0.4) is 0 Å². The fourth-order valence-electron chi connectivity index (χ4n) is 1.67. The lowest BCUT2D eigenvalue weighted by Gasteiger charge is -2.18. The molecule has 0 aliphatic carbocycles. The van der Waals surface area contributed by atoms with Crippen LogP contribution in [0.4, 0.5) is 4.39 Å². The van der Waals surface area contributed by atoms with Crippen LogP contribution in [0.25, 0.3) is 0 Å². The van der Waals surface area contributed by atoms with Crippen LogP contribution in [0.5, 0.6) is 5.75 Å². The van der Waals surface area contributed by atoms with Gasteiger partial charge in [-0.2, -0.15) is 0 Å². The number of aromatic hydroxyl groups is 1. The highest BCUT2D eigenvalue weighted by atomic mass is 19.1. The normalized spacial score (nSPS) is 27.8. The van der Waals surface area contributed by atoms with Gasteiger partial charge in [0.25, 0.3) is 0 Å². The Morgan fingerprint density at radius 2 is 2.00 bits per heavy atom. The number of phenols is 1. The first-order chi connectivity index (χ1) is 6.21. The second-order valence-electron chi connectivity index (χ2n) is 3.44. The van der Waals surface area contributed by atoms with Crippen molar-refractivity contribution in [2.75, 3.05) is 13.1 Å². The number of hydrogen-bond acceptors (Lipinski definition) is 2. The summed E-state index contributed by atoms with van der Waals surface area (Å²) in [5.74, 6) is 0.179. The molecule has 0 bridgehead atoms. The van der Waals surface area contributed by atoms with Crippen LogP contribution >= 0.6 is 0 Å². The Morgan fingerprint density at radius 3 is 2.54 bits per heavy atom. The molecule has 1 heterocycles. The molecule has 0 aromatic heterocycles. The third kappa shape index (κ3) is 1.52. The van der Waals surface area contributed by atoms with Crippen LogP contribution in [0.1, 0.15) is 12.0 Å². The molecule has 3 heteroatoms. The number of halogens is 1. The molecule has 0 spiro atoms. The van der Waals surface area contributed by atoms with E-state index in [4.69, 9.17) is 5.11 Å². The second kappa shape index (κ2) is 3.00. The molecular weight excluding hydrogens is 169 g/mol. The predicted molar refractivity (Wildman–Crippen MR) is 48.4 cm³/mol. The largest absolute Gasteiger partial charge is 0.508 e. The lowest BCUT2D eigenvalue weighted by molar-refractivity contribution is 0.193. The number of hydrogen-bond donors (Lipinski definition) is 2. The van der Waals surface area contributed by atoms with Crippen molar-refractivity contribution in [2.24, 2.45) is 0 Å². The number of benzene rings is 1. The van der Waals surface area contributed by atoms with Crippen LogP contribution in [0.2, 0.25) is 0 Å². The van der Waals surface area contributed by atoms with Crippen LogP contribution in [-0.4, -0.2) is 18.2 Å². The van der Waals surface area contributed by atoms with Gasteiger partial charge in [0.05, 0.1) is 0 Å². The number of nitrogens with one attached hydrogen (secondary N) is 1. The van der Waals surface area contributed by atoms with Gasteiger partial charge in [0.15, 0.2) is 0 Å². The topological polar surface area (TPSA) is 32.3 Å². The molecule has 0 radical (unpaired) electrons. The van der Waals surface area contributed by atoms with Gasteiger partial charge in [-0.25, -0.2) is 4.39 Å². The summed E-state index contributed by atoms with van der Waals surface area (Å²) in [5, 5.41) is 12.0. The number of phenolic OH excluding ortho intramolecular Hbond substituents is 1. The average Bonchev–Trinajstić information content (AvgIpc) is 2.54. The zero-order chi connectivity index (χ0) is 9.31. The zero-order valence-electron chi connectivity index (χ0n) is 7.26. The third-order valence-electron chi connectivity index (χ3n) is 2.49. The van der Waals surface area contributed by atoms with E-state index < -0.39 is 5.67 Å². The van der Waals surface area contributed by atoms with Crippen LogP contribution < -0.4 is 5.32 Å². The molecule has 1 aliphatic heterocycles. The molecule has 13 heavy (non-hydrogen) atoms. The van der Waals surface area contributed by atoms with Gasteiger partial charge in [-0.15, -0.1) is 0 Å². The lowest BCUT2D eigenvalue weighted by Crippen LogP contribution is -2.22. The van der Waals surface area contributed by atoms with E-state index in [1.807, 2.05) is 0 Å². The van der Waals surface area contributed by atoms with Crippen molar-refractivity contribution in [3.8, 4) is 5.75 Å². The van der Waals surface area contributed by atoms with Gasteiger partial charge in [0, 0.05) is 6.54 Å². The van der Waals surface area contributed by atoms with E-state index in [2.05, 4.69) is 5.32 Å². The highest BCUT2D eigenvalue weighted by Gasteiger charge is 2.35. The molecule has 1 aromatic carbocycles. The maximum absolute atomic E-state index is 14.0. The Balaban J connectivity index is 2.29. The molecule has 1 atom stereocenters. The van der Waals surface area contributed by atoms with Crippen LogP contribution in [0, 0.1) is 0 Å². The molecule has 1 fully saturated rings. The standard InChI is InChI=1S/C10H12FNO/c11-10(5-6-12-7-10)8-1-3-9(13)4-2-8/h1-4,12-13H,5-7H2. The van der Waals surface area contributed by atoms with Crippen LogP contribution in [0.15, 0.2) is 24.3 Å². The fraction of sp³-hybridized carbons (Fsp3) is 0.400. The summed E-state index contributed by atoms with van der Waals surface area (Å²) < 4.78 is 14.0. The minimum Gasteiger partial charge on any atom is -0.508 e. The Hall–Kier alpha value is -1.09. The SMILES string of the molecule is Oc1ccc(C2(F)CCNC2)cc1. The Morgan fingerprint density at radius 1 is 1.31 bits per heavy atom. The smallest absolute Gasteiger partial charge is 0.149 e. The Bertz CT molecular complexity index is 290. The number of rotatable bonds is 1. The van der Waals surface area contributed by atoms with Crippen molar-refractivity contribution in [3.05, 3.63) is 29.8 Å². The highest BCUT2D eigenvalue weighted by Crippen LogP contribution is 2.32. The van der Waals surface area contributed by atoms with E-state index in [-0.39, 0.29) is 5.75 Å². The molecule has 0 saturated carbocycles. The molecule has 0 amide bonds. The van der Waals surface area contributed by atoms with Gasteiger partial charge in [-0.3, -0.25) is 0 Å². The van der Waals surface area contributed by atoms with Crippen LogP contribution in [-0.2, 0) is 5.67 Å². The third-order valence-corrected chi connectivity index (χ3v) is 2.49. The van der Waals surface area contributed by atoms with Gasteiger partial charge in [-0.1, -0.05) is 12.1 Å². The summed E-state index contributed by atoms with van der Waals surface area (Å²) >= 11 is 0. The van der Waals surface area contributed by atoms with Crippen molar-refractivity contribution in [3.63, 3.8) is 0 Å². The second-order valence-corrected chi connectivity index (χ2v) is 3.44. The summed E-state index contributed by atoms with van der Waals surface area (Å²) in [6, 6.07) is 6.33. The van der Waals surface area contributed by atoms with Crippen molar-refractivity contribution >= 4 is 0 Å². The van der Waals surface area contributed by atoms with Gasteiger partial charge >= 0.3 is 0 Å². The molecule has 1 aliphatic rings. The quantitative estimate of drug-likeness (QED) is 0.689. The van der Waals surface area contributed by atoms with E-state index >= 15 is 0 Å². The molecule has 2 rings (SSSR count). The van der Waals surface area contributed by atoms with E-state index in [0.717, 1.165) is 6.54 Å². The first-order valence-electron chi connectivity index (χ1n) is 4.40. The minimum absolute atomic E-state index is 0.179. The molecule has 1 aromatic rings. The summed E-state index contributed by atoms with van der Waals surface area (Å²) in [5.41, 5.74) is -0.594. The highest BCUT2D eigenvalue weighted by molar-refractivity contribution is 5.30. The van der Waals surface area contributed by atoms with Gasteiger partial charge in [0.2, 0.25) is 0 Å². The summed E-state index contributed by atoms with van der Waals surface area (Å²) in [6.07, 6.45) is 0.512. The predicted octanol–water partition coefficient (Wildman–Crippen LogP) is 1.55. The lowest BCUT2D eigenvalue weighted by atomic mass is 9.95. The van der Waals surface area contributed by atoms with E-state index in [0.29, 0.717) is 18.5 Å². The summed E-state index contributed by atoms with van der Waals surface area (Å²) in [7, 11) is 0. The summed E-state index contributed by atoms with van der Waals surface area (Å²) in [6.45, 7) is 1.09. The van der Waals surface area contributed by atoms with Gasteiger partial charge in [0.1, 0.15) is 11.4 Å². The monoisotopic (exact) mass is 181 g/mol. The van der Waals surface area contributed by atoms with E-state index in [1.165, 1.54) is 12.1 Å². The maximum atomic E-state index is 14.0. The molecule has 1 saturated heterocycles. The van der Waals surface area contributed by atoms with Crippen molar-refractivity contribution < 1.29 is 9.50 Å². The van der Waals surface area contributed by atoms with E-state index in [1.54, 1.807) is 12.1 Å². The maximum Gasteiger partial charge on any atom is 0.149 e. The first kappa shape index (κ1) is 8.51. The minimum atomic E-state index is -1.24. The summed E-state index contributed by atoms with van der Waals surface area (Å²) in [4.78, 5) is 0. The number of alkyl halides is 1. The molecule has 70 valence electrons. The Kier molecular flexibility index (Phi) is 1.96. The molecule has 2 nitrogen and oxygen atoms in total. The average molecular weight is 181 g/mol. The van der Waals surface area contributed by atoms with Gasteiger partial charge < -0.3 is 10.4 Å². The first-order valence-corrected chi connectivity index (χ1v) is 4.40. The van der Waals surface area contributed by atoms with Gasteiger partial charge in [-0.05, 0) is 30.7 Å².